The molecule has 98 valence electrons. The molecule has 2 heterocycles. The van der Waals surface area contributed by atoms with Crippen LogP contribution in [0.15, 0.2) is 6.07 Å². The Labute approximate surface area is 111 Å². The topological polar surface area (TPSA) is 73.3 Å². The van der Waals surface area contributed by atoms with Crippen molar-refractivity contribution in [3.05, 3.63) is 28.2 Å². The van der Waals surface area contributed by atoms with Crippen LogP contribution in [0, 0.1) is 19.1 Å². The number of amides is 1. The lowest BCUT2D eigenvalue weighted by molar-refractivity contribution is -0.619. The summed E-state index contributed by atoms with van der Waals surface area (Å²) in [6.45, 7) is 5.15. The van der Waals surface area contributed by atoms with Gasteiger partial charge >= 0.3 is 0 Å². The molecular formula is C12H17N3O2S. The fourth-order valence-corrected chi connectivity index (χ4v) is 3.14. The fourth-order valence-electron chi connectivity index (χ4n) is 2.24. The number of carbonyl (C=O) groups excluding carboxylic acids is 1. The van der Waals surface area contributed by atoms with Crippen LogP contribution in [0.5, 0.6) is 0 Å². The van der Waals surface area contributed by atoms with Gasteiger partial charge < -0.3 is 15.8 Å². The zero-order valence-corrected chi connectivity index (χ0v) is 11.4. The van der Waals surface area contributed by atoms with Gasteiger partial charge in [0.05, 0.1) is 5.69 Å². The van der Waals surface area contributed by atoms with Gasteiger partial charge in [0.15, 0.2) is 5.69 Å². The van der Waals surface area contributed by atoms with Crippen LogP contribution >= 0.6 is 11.8 Å². The first-order valence-electron chi connectivity index (χ1n) is 5.88. The standard InChI is InChI=1S/C12H17N3O2S/c1-8-7-10(14-3-5-18-6-4-14)11(12(13)16)9(2)15(8)17/h7H,3-6H2,1-2H3,(H2,13,16). The Bertz CT molecular complexity index is 485. The second-order valence-electron chi connectivity index (χ2n) is 4.39. The van der Waals surface area contributed by atoms with Crippen molar-refractivity contribution in [1.82, 2.24) is 0 Å². The van der Waals surface area contributed by atoms with Gasteiger partial charge in [-0.15, -0.1) is 0 Å². The average molecular weight is 267 g/mol. The van der Waals surface area contributed by atoms with Crippen molar-refractivity contribution in [1.29, 1.82) is 0 Å². The first-order chi connectivity index (χ1) is 8.52. The van der Waals surface area contributed by atoms with Crippen molar-refractivity contribution < 1.29 is 9.52 Å². The van der Waals surface area contributed by atoms with Gasteiger partial charge in [-0.25, -0.2) is 0 Å². The molecule has 5 nitrogen and oxygen atoms in total. The molecule has 0 aliphatic carbocycles. The summed E-state index contributed by atoms with van der Waals surface area (Å²) in [5, 5.41) is 11.8. The second-order valence-corrected chi connectivity index (χ2v) is 5.61. The van der Waals surface area contributed by atoms with Gasteiger partial charge in [-0.1, -0.05) is 0 Å². The first kappa shape index (κ1) is 13.0. The predicted molar refractivity (Wildman–Crippen MR) is 72.9 cm³/mol. The van der Waals surface area contributed by atoms with E-state index < -0.39 is 5.91 Å². The highest BCUT2D eigenvalue weighted by atomic mass is 32.2. The zero-order valence-electron chi connectivity index (χ0n) is 10.6. The van der Waals surface area contributed by atoms with Crippen LogP contribution in [0.4, 0.5) is 5.69 Å². The molecule has 0 radical (unpaired) electrons. The number of aryl methyl sites for hydroxylation is 1. The molecule has 1 fully saturated rings. The molecule has 0 unspecified atom stereocenters. The van der Waals surface area contributed by atoms with Gasteiger partial charge in [0, 0.05) is 44.5 Å². The van der Waals surface area contributed by atoms with Crippen molar-refractivity contribution in [2.24, 2.45) is 5.73 Å². The fraction of sp³-hybridized carbons (Fsp3) is 0.500. The minimum atomic E-state index is -0.537. The Balaban J connectivity index is 2.53. The Morgan fingerprint density at radius 3 is 2.61 bits per heavy atom. The number of primary amides is 1. The van der Waals surface area contributed by atoms with E-state index in [0.717, 1.165) is 35.0 Å². The lowest BCUT2D eigenvalue weighted by atomic mass is 10.1. The van der Waals surface area contributed by atoms with E-state index in [1.54, 1.807) is 19.9 Å². The van der Waals surface area contributed by atoms with Crippen molar-refractivity contribution >= 4 is 23.4 Å². The maximum Gasteiger partial charge on any atom is 0.257 e. The molecule has 0 spiro atoms. The molecule has 0 atom stereocenters. The maximum atomic E-state index is 11.8. The largest absolute Gasteiger partial charge is 0.618 e. The lowest BCUT2D eigenvalue weighted by Crippen LogP contribution is -2.40. The first-order valence-corrected chi connectivity index (χ1v) is 7.04. The molecule has 18 heavy (non-hydrogen) atoms. The van der Waals surface area contributed by atoms with Crippen molar-refractivity contribution in [3.63, 3.8) is 0 Å². The van der Waals surface area contributed by atoms with Crippen LogP contribution in [0.1, 0.15) is 21.7 Å². The molecule has 2 N–H and O–H groups in total. The summed E-state index contributed by atoms with van der Waals surface area (Å²) in [6, 6.07) is 1.76. The number of anilines is 1. The molecule has 0 saturated carbocycles. The zero-order chi connectivity index (χ0) is 13.3. The number of hydrogen-bond acceptors (Lipinski definition) is 4. The van der Waals surface area contributed by atoms with Gasteiger partial charge in [-0.05, 0) is 0 Å². The van der Waals surface area contributed by atoms with Crippen LogP contribution in [-0.4, -0.2) is 30.5 Å². The molecular weight excluding hydrogens is 250 g/mol. The number of pyridine rings is 1. The Morgan fingerprint density at radius 2 is 2.06 bits per heavy atom. The van der Waals surface area contributed by atoms with Crippen LogP contribution in [0.25, 0.3) is 0 Å². The van der Waals surface area contributed by atoms with Crippen LogP contribution in [0.3, 0.4) is 0 Å². The second kappa shape index (κ2) is 5.06. The molecule has 1 aromatic rings. The summed E-state index contributed by atoms with van der Waals surface area (Å²) < 4.78 is 0.766. The molecule has 1 aliphatic rings. The summed E-state index contributed by atoms with van der Waals surface area (Å²) in [4.78, 5) is 13.7. The monoisotopic (exact) mass is 267 g/mol. The summed E-state index contributed by atoms with van der Waals surface area (Å²) in [6.07, 6.45) is 0. The van der Waals surface area contributed by atoms with E-state index in [2.05, 4.69) is 4.90 Å². The molecule has 1 aromatic heterocycles. The van der Waals surface area contributed by atoms with E-state index in [-0.39, 0.29) is 0 Å². The van der Waals surface area contributed by atoms with E-state index in [9.17, 15) is 10.0 Å². The van der Waals surface area contributed by atoms with E-state index in [4.69, 9.17) is 5.73 Å². The molecule has 0 aromatic carbocycles. The SMILES string of the molecule is Cc1cc(N2CCSCC2)c(C(N)=O)c(C)[n+]1[O-]. The Morgan fingerprint density at radius 1 is 1.44 bits per heavy atom. The number of nitrogens with two attached hydrogens (primary N) is 1. The van der Waals surface area contributed by atoms with Crippen molar-refractivity contribution in [2.75, 3.05) is 29.5 Å². The molecule has 1 saturated heterocycles. The third-order valence-corrected chi connectivity index (χ3v) is 4.13. The van der Waals surface area contributed by atoms with Crippen molar-refractivity contribution in [3.8, 4) is 0 Å². The van der Waals surface area contributed by atoms with Gasteiger partial charge in [0.2, 0.25) is 5.69 Å². The summed E-state index contributed by atoms with van der Waals surface area (Å²) in [5.74, 6) is 1.52. The van der Waals surface area contributed by atoms with E-state index in [1.165, 1.54) is 0 Å². The highest BCUT2D eigenvalue weighted by Gasteiger charge is 2.25. The number of carbonyl (C=O) groups is 1. The summed E-state index contributed by atoms with van der Waals surface area (Å²) >= 11 is 1.89. The number of rotatable bonds is 2. The highest BCUT2D eigenvalue weighted by Crippen LogP contribution is 2.25. The predicted octanol–water partition coefficient (Wildman–Crippen LogP) is 0.589. The number of thioether (sulfide) groups is 1. The Hall–Kier alpha value is -1.43. The number of nitrogens with zero attached hydrogens (tertiary/aromatic N) is 2. The summed E-state index contributed by atoms with van der Waals surface area (Å²) in [7, 11) is 0. The Kier molecular flexibility index (Phi) is 3.65. The molecule has 1 amide bonds. The third kappa shape index (κ3) is 2.25. The van der Waals surface area contributed by atoms with E-state index >= 15 is 0 Å². The van der Waals surface area contributed by atoms with Crippen LogP contribution in [-0.2, 0) is 0 Å². The van der Waals surface area contributed by atoms with Gasteiger partial charge in [0.1, 0.15) is 5.56 Å². The minimum absolute atomic E-state index is 0.350. The van der Waals surface area contributed by atoms with E-state index in [0.29, 0.717) is 17.0 Å². The van der Waals surface area contributed by atoms with Gasteiger partial charge in [0.25, 0.3) is 5.91 Å². The molecule has 6 heteroatoms. The van der Waals surface area contributed by atoms with Crippen LogP contribution in [0.2, 0.25) is 0 Å². The highest BCUT2D eigenvalue weighted by molar-refractivity contribution is 7.99. The average Bonchev–Trinajstić information content (AvgIpc) is 2.36. The minimum Gasteiger partial charge on any atom is -0.618 e. The molecule has 0 bridgehead atoms. The van der Waals surface area contributed by atoms with Gasteiger partial charge in [-0.2, -0.15) is 16.5 Å². The summed E-state index contributed by atoms with van der Waals surface area (Å²) in [5.41, 5.74) is 7.54. The van der Waals surface area contributed by atoms with E-state index in [1.807, 2.05) is 11.8 Å². The maximum absolute atomic E-state index is 11.8. The molecule has 1 aliphatic heterocycles. The number of aromatic nitrogens is 1. The quantitative estimate of drug-likeness (QED) is 0.628. The smallest absolute Gasteiger partial charge is 0.257 e. The van der Waals surface area contributed by atoms with Crippen LogP contribution < -0.4 is 15.4 Å². The third-order valence-electron chi connectivity index (χ3n) is 3.19. The molecule has 2 rings (SSSR count). The number of hydrogen-bond donors (Lipinski definition) is 1. The van der Waals surface area contributed by atoms with Crippen molar-refractivity contribution in [2.45, 2.75) is 13.8 Å². The normalized spacial score (nSPS) is 15.8. The van der Waals surface area contributed by atoms with Gasteiger partial charge in [-0.3, -0.25) is 4.79 Å². The lowest BCUT2D eigenvalue weighted by Gasteiger charge is -2.30.